The van der Waals surface area contributed by atoms with Crippen LogP contribution >= 0.6 is 0 Å². The van der Waals surface area contributed by atoms with Crippen LogP contribution < -0.4 is 5.32 Å². The quantitative estimate of drug-likeness (QED) is 0.582. The molecule has 0 aromatic carbocycles. The molecular weight excluding hydrogens is 126 g/mol. The summed E-state index contributed by atoms with van der Waals surface area (Å²) < 4.78 is 0. The molecule has 0 radical (unpaired) electrons. The lowest BCUT2D eigenvalue weighted by molar-refractivity contribution is -0.00364. The van der Waals surface area contributed by atoms with Crippen LogP contribution in [0.15, 0.2) is 0 Å². The van der Waals surface area contributed by atoms with E-state index in [0.717, 1.165) is 13.1 Å². The van der Waals surface area contributed by atoms with Gasteiger partial charge in [0.2, 0.25) is 0 Å². The Morgan fingerprint density at radius 3 is 2.20 bits per heavy atom. The van der Waals surface area contributed by atoms with Gasteiger partial charge >= 0.3 is 0 Å². The van der Waals surface area contributed by atoms with E-state index in [0.29, 0.717) is 11.8 Å². The van der Waals surface area contributed by atoms with Gasteiger partial charge < -0.3 is 10.4 Å². The van der Waals surface area contributed by atoms with E-state index < -0.39 is 0 Å². The molecule has 0 amide bonds. The number of nitrogens with one attached hydrogen (secondary N) is 1. The van der Waals surface area contributed by atoms with E-state index in [4.69, 9.17) is 0 Å². The van der Waals surface area contributed by atoms with E-state index in [1.54, 1.807) is 0 Å². The van der Waals surface area contributed by atoms with Crippen molar-refractivity contribution in [2.75, 3.05) is 13.1 Å². The molecule has 0 spiro atoms. The molecule has 58 valence electrons. The highest BCUT2D eigenvalue weighted by Crippen LogP contribution is 2.33. The Hall–Kier alpha value is -0.0800. The number of aliphatic hydroxyl groups is 1. The number of hydrogen-bond acceptors (Lipinski definition) is 2. The summed E-state index contributed by atoms with van der Waals surface area (Å²) in [6.07, 6.45) is 3.87. The zero-order valence-corrected chi connectivity index (χ0v) is 6.21. The van der Waals surface area contributed by atoms with Gasteiger partial charge in [0.25, 0.3) is 0 Å². The Balaban J connectivity index is 1.79. The van der Waals surface area contributed by atoms with Crippen molar-refractivity contribution in [1.82, 2.24) is 5.32 Å². The first-order chi connectivity index (χ1) is 4.88. The van der Waals surface area contributed by atoms with E-state index in [2.05, 4.69) is 5.32 Å². The third kappa shape index (κ3) is 0.956. The van der Waals surface area contributed by atoms with Gasteiger partial charge in [-0.1, -0.05) is 6.42 Å². The molecule has 2 rings (SSSR count). The highest BCUT2D eigenvalue weighted by atomic mass is 16.3. The lowest BCUT2D eigenvalue weighted by Gasteiger charge is -2.39. The van der Waals surface area contributed by atoms with Gasteiger partial charge in [-0.25, -0.2) is 0 Å². The maximum atomic E-state index is 9.65. The smallest absolute Gasteiger partial charge is 0.0620 e. The molecule has 2 heteroatoms. The summed E-state index contributed by atoms with van der Waals surface area (Å²) in [7, 11) is 0. The minimum Gasteiger partial charge on any atom is -0.392 e. The average molecular weight is 141 g/mol. The zero-order valence-electron chi connectivity index (χ0n) is 6.21. The summed E-state index contributed by atoms with van der Waals surface area (Å²) in [5, 5.41) is 12.8. The van der Waals surface area contributed by atoms with E-state index in [1.165, 1.54) is 19.3 Å². The molecule has 1 heterocycles. The van der Waals surface area contributed by atoms with Gasteiger partial charge in [0, 0.05) is 19.0 Å². The Bertz CT molecular complexity index is 104. The molecule has 2 N–H and O–H groups in total. The molecular formula is C8H15NO. The van der Waals surface area contributed by atoms with Gasteiger partial charge in [-0.2, -0.15) is 0 Å². The molecule has 2 nitrogen and oxygen atoms in total. The standard InChI is InChI=1S/C8H15NO/c10-8(6-2-1-3-6)7-4-9-5-7/h6-10H,1-5H2. The molecule has 0 bridgehead atoms. The Kier molecular flexibility index (Phi) is 1.66. The molecule has 1 atom stereocenters. The Morgan fingerprint density at radius 1 is 1.20 bits per heavy atom. The van der Waals surface area contributed by atoms with Gasteiger partial charge in [-0.05, 0) is 18.8 Å². The second-order valence-corrected chi connectivity index (χ2v) is 3.60. The minimum atomic E-state index is 0.00926. The summed E-state index contributed by atoms with van der Waals surface area (Å²) in [4.78, 5) is 0. The average Bonchev–Trinajstić information content (AvgIpc) is 1.52. The number of aliphatic hydroxyl groups excluding tert-OH is 1. The first kappa shape index (κ1) is 6.62. The van der Waals surface area contributed by atoms with E-state index >= 15 is 0 Å². The fourth-order valence-electron chi connectivity index (χ4n) is 1.72. The molecule has 0 aromatic heterocycles. The van der Waals surface area contributed by atoms with Crippen molar-refractivity contribution >= 4 is 0 Å². The van der Waals surface area contributed by atoms with Crippen molar-refractivity contribution < 1.29 is 5.11 Å². The second kappa shape index (κ2) is 2.51. The minimum absolute atomic E-state index is 0.00926. The predicted octanol–water partition coefficient (Wildman–Crippen LogP) is 0.367. The first-order valence-electron chi connectivity index (χ1n) is 4.26. The van der Waals surface area contributed by atoms with E-state index in [-0.39, 0.29) is 6.10 Å². The van der Waals surface area contributed by atoms with Crippen LogP contribution in [0.4, 0.5) is 0 Å². The number of rotatable bonds is 2. The van der Waals surface area contributed by atoms with Crippen LogP contribution in [-0.2, 0) is 0 Å². The Labute approximate surface area is 61.6 Å². The van der Waals surface area contributed by atoms with Gasteiger partial charge in [-0.15, -0.1) is 0 Å². The third-order valence-electron chi connectivity index (χ3n) is 2.93. The number of hydrogen-bond donors (Lipinski definition) is 2. The normalized spacial score (nSPS) is 30.9. The van der Waals surface area contributed by atoms with Crippen molar-refractivity contribution in [2.24, 2.45) is 11.8 Å². The van der Waals surface area contributed by atoms with Crippen LogP contribution in [0.25, 0.3) is 0 Å². The topological polar surface area (TPSA) is 32.3 Å². The van der Waals surface area contributed by atoms with Crippen molar-refractivity contribution in [3.63, 3.8) is 0 Å². The van der Waals surface area contributed by atoms with Crippen LogP contribution in [-0.4, -0.2) is 24.3 Å². The van der Waals surface area contributed by atoms with Crippen molar-refractivity contribution in [3.05, 3.63) is 0 Å². The summed E-state index contributed by atoms with van der Waals surface area (Å²) in [5.74, 6) is 1.22. The second-order valence-electron chi connectivity index (χ2n) is 3.60. The van der Waals surface area contributed by atoms with Crippen LogP contribution in [0.3, 0.4) is 0 Å². The molecule has 2 fully saturated rings. The van der Waals surface area contributed by atoms with Crippen molar-refractivity contribution in [3.8, 4) is 0 Å². The van der Waals surface area contributed by atoms with Crippen LogP contribution in [0, 0.1) is 11.8 Å². The molecule has 1 saturated heterocycles. The predicted molar refractivity (Wildman–Crippen MR) is 39.7 cm³/mol. The molecule has 1 unspecified atom stereocenters. The van der Waals surface area contributed by atoms with E-state index in [1.807, 2.05) is 0 Å². The summed E-state index contributed by atoms with van der Waals surface area (Å²) in [6, 6.07) is 0. The van der Waals surface area contributed by atoms with Crippen molar-refractivity contribution in [1.29, 1.82) is 0 Å². The maximum Gasteiger partial charge on any atom is 0.0620 e. The van der Waals surface area contributed by atoms with Gasteiger partial charge in [-0.3, -0.25) is 0 Å². The van der Waals surface area contributed by atoms with Gasteiger partial charge in [0.05, 0.1) is 6.10 Å². The van der Waals surface area contributed by atoms with Gasteiger partial charge in [0.1, 0.15) is 0 Å². The highest BCUT2D eigenvalue weighted by Gasteiger charge is 2.34. The van der Waals surface area contributed by atoms with E-state index in [9.17, 15) is 5.11 Å². The lowest BCUT2D eigenvalue weighted by atomic mass is 9.75. The fourth-order valence-corrected chi connectivity index (χ4v) is 1.72. The molecule has 1 aliphatic carbocycles. The van der Waals surface area contributed by atoms with Crippen LogP contribution in [0.1, 0.15) is 19.3 Å². The van der Waals surface area contributed by atoms with Gasteiger partial charge in [0.15, 0.2) is 0 Å². The van der Waals surface area contributed by atoms with Crippen molar-refractivity contribution in [2.45, 2.75) is 25.4 Å². The fraction of sp³-hybridized carbons (Fsp3) is 1.00. The Morgan fingerprint density at radius 2 is 1.90 bits per heavy atom. The summed E-state index contributed by atoms with van der Waals surface area (Å²) in [6.45, 7) is 2.08. The monoisotopic (exact) mass is 141 g/mol. The van der Waals surface area contributed by atoms with Crippen LogP contribution in [0.5, 0.6) is 0 Å². The highest BCUT2D eigenvalue weighted by molar-refractivity contribution is 4.88. The SMILES string of the molecule is OC(C1CCC1)C1CNC1. The maximum absolute atomic E-state index is 9.65. The third-order valence-corrected chi connectivity index (χ3v) is 2.93. The molecule has 10 heavy (non-hydrogen) atoms. The lowest BCUT2D eigenvalue weighted by Crippen LogP contribution is -2.51. The summed E-state index contributed by atoms with van der Waals surface area (Å²) in [5.41, 5.74) is 0. The molecule has 1 aliphatic heterocycles. The molecule has 2 aliphatic rings. The first-order valence-corrected chi connectivity index (χ1v) is 4.26. The molecule has 0 aromatic rings. The largest absolute Gasteiger partial charge is 0.392 e. The zero-order chi connectivity index (χ0) is 6.97. The van der Waals surface area contributed by atoms with Crippen LogP contribution in [0.2, 0.25) is 0 Å². The summed E-state index contributed by atoms with van der Waals surface area (Å²) >= 11 is 0. The molecule has 1 saturated carbocycles.